The normalized spacial score (nSPS) is 15.7. The zero-order chi connectivity index (χ0) is 19.8. The second kappa shape index (κ2) is 7.32. The van der Waals surface area contributed by atoms with Crippen LogP contribution in [0.5, 0.6) is 0 Å². The molecule has 0 unspecified atom stereocenters. The Morgan fingerprint density at radius 2 is 2.03 bits per heavy atom. The number of para-hydroxylation sites is 2. The first-order chi connectivity index (χ1) is 14.2. The molecule has 29 heavy (non-hydrogen) atoms. The van der Waals surface area contributed by atoms with Gasteiger partial charge < -0.3 is 10.2 Å². The number of thioether (sulfide) groups is 1. The molecule has 5 rings (SSSR count). The average Bonchev–Trinajstić information content (AvgIpc) is 3.50. The number of aromatic nitrogens is 4. The van der Waals surface area contributed by atoms with E-state index in [1.165, 1.54) is 16.7 Å². The van der Waals surface area contributed by atoms with Gasteiger partial charge in [0.25, 0.3) is 0 Å². The van der Waals surface area contributed by atoms with Crippen molar-refractivity contribution in [2.24, 2.45) is 0 Å². The molecule has 1 aliphatic carbocycles. The second-order valence-electron chi connectivity index (χ2n) is 6.98. The minimum Gasteiger partial charge on any atom is -0.323 e. The van der Waals surface area contributed by atoms with Crippen LogP contribution in [0.4, 0.5) is 11.4 Å². The number of carbonyl (C=O) groups is 2. The number of carbonyl (C=O) groups excluding carboxylic acids is 2. The molecule has 1 aliphatic heterocycles. The molecule has 0 spiro atoms. The van der Waals surface area contributed by atoms with Crippen molar-refractivity contribution in [3.63, 3.8) is 0 Å². The smallest absolute Gasteiger partial charge is 0.244 e. The fourth-order valence-electron chi connectivity index (χ4n) is 3.39. The maximum atomic E-state index is 12.9. The number of amides is 2. The van der Waals surface area contributed by atoms with Crippen molar-refractivity contribution < 1.29 is 9.59 Å². The van der Waals surface area contributed by atoms with E-state index >= 15 is 0 Å². The number of hydrogen-bond acceptors (Lipinski definition) is 6. The summed E-state index contributed by atoms with van der Waals surface area (Å²) in [5.74, 6) is 0.630. The van der Waals surface area contributed by atoms with Gasteiger partial charge in [-0.2, -0.15) is 0 Å². The van der Waals surface area contributed by atoms with E-state index in [-0.39, 0.29) is 24.1 Å². The first-order valence-electron chi connectivity index (χ1n) is 9.38. The van der Waals surface area contributed by atoms with Crippen LogP contribution in [0, 0.1) is 0 Å². The van der Waals surface area contributed by atoms with Gasteiger partial charge in [0.1, 0.15) is 6.54 Å². The van der Waals surface area contributed by atoms with Gasteiger partial charge >= 0.3 is 0 Å². The Morgan fingerprint density at radius 3 is 2.83 bits per heavy atom. The molecule has 0 atom stereocenters. The number of nitrogens with one attached hydrogen (secondary N) is 1. The summed E-state index contributed by atoms with van der Waals surface area (Å²) in [7, 11) is 0. The van der Waals surface area contributed by atoms with E-state index in [0.717, 1.165) is 35.1 Å². The van der Waals surface area contributed by atoms with Crippen molar-refractivity contribution in [1.82, 2.24) is 19.7 Å². The van der Waals surface area contributed by atoms with Crippen molar-refractivity contribution in [2.45, 2.75) is 24.0 Å². The molecule has 2 amide bonds. The van der Waals surface area contributed by atoms with Gasteiger partial charge in [0.05, 0.1) is 17.1 Å². The highest BCUT2D eigenvalue weighted by molar-refractivity contribution is 7.99. The van der Waals surface area contributed by atoms with Crippen LogP contribution in [0.1, 0.15) is 18.9 Å². The lowest BCUT2D eigenvalue weighted by Gasteiger charge is -2.29. The predicted octanol–water partition coefficient (Wildman–Crippen LogP) is 2.75. The standard InChI is InChI=1S/C20H18N6O2S/c27-17-11-25(16-6-2-1-5-15(16)22-17)18(28)12-29-20-24-23-19(26(20)14-7-8-14)13-4-3-9-21-10-13/h1-6,9-10,14H,7-8,11-12H2,(H,22,27). The molecule has 1 N–H and O–H groups in total. The van der Waals surface area contributed by atoms with Crippen LogP contribution < -0.4 is 10.2 Å². The summed E-state index contributed by atoms with van der Waals surface area (Å²) in [6.07, 6.45) is 5.65. The Labute approximate surface area is 171 Å². The van der Waals surface area contributed by atoms with Gasteiger partial charge in [0, 0.05) is 24.0 Å². The van der Waals surface area contributed by atoms with Crippen LogP contribution >= 0.6 is 11.8 Å². The highest BCUT2D eigenvalue weighted by Crippen LogP contribution is 2.41. The molecule has 0 saturated heterocycles. The molecule has 1 aromatic carbocycles. The van der Waals surface area contributed by atoms with Gasteiger partial charge in [-0.1, -0.05) is 23.9 Å². The molecule has 2 aromatic heterocycles. The van der Waals surface area contributed by atoms with Gasteiger partial charge in [0.2, 0.25) is 11.8 Å². The molecule has 146 valence electrons. The SMILES string of the molecule is O=C1CN(C(=O)CSc2nnc(-c3cccnc3)n2C2CC2)c2ccccc2N1. The van der Waals surface area contributed by atoms with E-state index in [4.69, 9.17) is 0 Å². The Morgan fingerprint density at radius 1 is 1.17 bits per heavy atom. The fraction of sp³-hybridized carbons (Fsp3) is 0.250. The third-order valence-corrected chi connectivity index (χ3v) is 5.82. The van der Waals surface area contributed by atoms with Crippen LogP contribution in [-0.2, 0) is 9.59 Å². The van der Waals surface area contributed by atoms with Crippen LogP contribution in [0.25, 0.3) is 11.4 Å². The number of fused-ring (bicyclic) bond motifs is 1. The molecule has 1 fully saturated rings. The number of anilines is 2. The highest BCUT2D eigenvalue weighted by atomic mass is 32.2. The molecular weight excluding hydrogens is 388 g/mol. The van der Waals surface area contributed by atoms with Crippen molar-refractivity contribution >= 4 is 35.0 Å². The summed E-state index contributed by atoms with van der Waals surface area (Å²) in [5.41, 5.74) is 2.28. The van der Waals surface area contributed by atoms with E-state index in [2.05, 4.69) is 25.1 Å². The molecule has 3 aromatic rings. The number of hydrogen-bond donors (Lipinski definition) is 1. The molecule has 0 radical (unpaired) electrons. The summed E-state index contributed by atoms with van der Waals surface area (Å²) in [6, 6.07) is 11.5. The lowest BCUT2D eigenvalue weighted by Crippen LogP contribution is -2.43. The van der Waals surface area contributed by atoms with Gasteiger partial charge in [-0.05, 0) is 37.1 Å². The lowest BCUT2D eigenvalue weighted by atomic mass is 10.2. The summed E-state index contributed by atoms with van der Waals surface area (Å²) < 4.78 is 2.10. The molecule has 0 bridgehead atoms. The molecule has 8 nitrogen and oxygen atoms in total. The molecule has 3 heterocycles. The maximum absolute atomic E-state index is 12.9. The summed E-state index contributed by atoms with van der Waals surface area (Å²) >= 11 is 1.35. The van der Waals surface area contributed by atoms with Crippen LogP contribution in [0.3, 0.4) is 0 Å². The predicted molar refractivity (Wildman–Crippen MR) is 110 cm³/mol. The highest BCUT2D eigenvalue weighted by Gasteiger charge is 2.31. The second-order valence-corrected chi connectivity index (χ2v) is 7.93. The van der Waals surface area contributed by atoms with E-state index in [1.807, 2.05) is 30.3 Å². The Balaban J connectivity index is 1.37. The zero-order valence-corrected chi connectivity index (χ0v) is 16.3. The Hall–Kier alpha value is -3.20. The van der Waals surface area contributed by atoms with Crippen molar-refractivity contribution in [3.05, 3.63) is 48.8 Å². The summed E-state index contributed by atoms with van der Waals surface area (Å²) in [5, 5.41) is 12.2. The number of benzene rings is 1. The minimum absolute atomic E-state index is 0.0205. The number of rotatable bonds is 5. The fourth-order valence-corrected chi connectivity index (χ4v) is 4.27. The largest absolute Gasteiger partial charge is 0.323 e. The topological polar surface area (TPSA) is 93.0 Å². The zero-order valence-electron chi connectivity index (χ0n) is 15.5. The molecule has 9 heteroatoms. The summed E-state index contributed by atoms with van der Waals surface area (Å²) in [4.78, 5) is 30.6. The monoisotopic (exact) mass is 406 g/mol. The average molecular weight is 406 g/mol. The van der Waals surface area contributed by atoms with E-state index < -0.39 is 0 Å². The first-order valence-corrected chi connectivity index (χ1v) is 10.4. The number of nitrogens with zero attached hydrogens (tertiary/aromatic N) is 5. The third kappa shape index (κ3) is 3.49. The van der Waals surface area contributed by atoms with Crippen LogP contribution in [-0.4, -0.2) is 43.9 Å². The number of pyridine rings is 1. The van der Waals surface area contributed by atoms with Crippen molar-refractivity contribution in [3.8, 4) is 11.4 Å². The quantitative estimate of drug-likeness (QED) is 0.655. The molecular formula is C20H18N6O2S. The maximum Gasteiger partial charge on any atom is 0.244 e. The van der Waals surface area contributed by atoms with Gasteiger partial charge in [-0.25, -0.2) is 0 Å². The lowest BCUT2D eigenvalue weighted by molar-refractivity contribution is -0.120. The summed E-state index contributed by atoms with van der Waals surface area (Å²) in [6.45, 7) is 0.0205. The van der Waals surface area contributed by atoms with Gasteiger partial charge in [-0.3, -0.25) is 19.1 Å². The third-order valence-electron chi connectivity index (χ3n) is 4.89. The van der Waals surface area contributed by atoms with Crippen molar-refractivity contribution in [2.75, 3.05) is 22.5 Å². The molecule has 2 aliphatic rings. The first kappa shape index (κ1) is 17.9. The van der Waals surface area contributed by atoms with Crippen molar-refractivity contribution in [1.29, 1.82) is 0 Å². The van der Waals surface area contributed by atoms with E-state index in [0.29, 0.717) is 11.7 Å². The van der Waals surface area contributed by atoms with E-state index in [9.17, 15) is 9.59 Å². The Kier molecular flexibility index (Phi) is 4.51. The van der Waals surface area contributed by atoms with E-state index in [1.54, 1.807) is 18.5 Å². The van der Waals surface area contributed by atoms with Crippen LogP contribution in [0.15, 0.2) is 53.9 Å². The minimum atomic E-state index is -0.193. The van der Waals surface area contributed by atoms with Gasteiger partial charge in [-0.15, -0.1) is 10.2 Å². The molecule has 1 saturated carbocycles. The Bertz CT molecular complexity index is 1080. The van der Waals surface area contributed by atoms with Gasteiger partial charge in [0.15, 0.2) is 11.0 Å². The van der Waals surface area contributed by atoms with Crippen LogP contribution in [0.2, 0.25) is 0 Å².